The Morgan fingerprint density at radius 2 is 2.24 bits per heavy atom. The zero-order valence-corrected chi connectivity index (χ0v) is 11.7. The number of benzene rings is 1. The molecule has 0 saturated carbocycles. The number of thioether (sulfide) groups is 1. The van der Waals surface area contributed by atoms with E-state index < -0.39 is 0 Å². The first kappa shape index (κ1) is 14.4. The summed E-state index contributed by atoms with van der Waals surface area (Å²) in [6.45, 7) is 4.32. The monoisotopic (exact) mass is 272 g/mol. The van der Waals surface area contributed by atoms with Crippen LogP contribution < -0.4 is 4.74 Å². The van der Waals surface area contributed by atoms with Crippen LogP contribution in [0.25, 0.3) is 0 Å². The molecule has 0 bridgehead atoms. The number of hydrogen-bond acceptors (Lipinski definition) is 3. The van der Waals surface area contributed by atoms with Gasteiger partial charge in [-0.25, -0.2) is 0 Å². The van der Waals surface area contributed by atoms with Crippen LogP contribution in [0.3, 0.4) is 0 Å². The van der Waals surface area contributed by atoms with Crippen molar-refractivity contribution in [3.63, 3.8) is 0 Å². The van der Waals surface area contributed by atoms with Gasteiger partial charge in [0.05, 0.1) is 11.6 Å². The fourth-order valence-electron chi connectivity index (χ4n) is 1.32. The van der Waals surface area contributed by atoms with Crippen molar-refractivity contribution < 1.29 is 9.53 Å². The molecule has 0 fully saturated rings. The standard InChI is InChI=1S/C13H17ClO2S/c1-3-17-8-4-7-16-13-6-5-11(10(2)15)9-12(13)14/h5-6,9H,3-4,7-8H2,1-2H3. The number of ketones is 1. The summed E-state index contributed by atoms with van der Waals surface area (Å²) in [7, 11) is 0. The molecule has 0 aliphatic heterocycles. The van der Waals surface area contributed by atoms with Gasteiger partial charge in [0.25, 0.3) is 0 Å². The molecule has 0 aliphatic carbocycles. The molecular formula is C13H17ClO2S. The van der Waals surface area contributed by atoms with Crippen LogP contribution in [0.2, 0.25) is 5.02 Å². The normalized spacial score (nSPS) is 10.3. The van der Waals surface area contributed by atoms with Crippen LogP contribution in [-0.2, 0) is 0 Å². The fourth-order valence-corrected chi connectivity index (χ4v) is 2.17. The highest BCUT2D eigenvalue weighted by molar-refractivity contribution is 7.99. The first-order valence-corrected chi connectivity index (χ1v) is 7.19. The maximum atomic E-state index is 11.1. The van der Waals surface area contributed by atoms with Crippen LogP contribution in [0, 0.1) is 0 Å². The summed E-state index contributed by atoms with van der Waals surface area (Å²) >= 11 is 7.93. The van der Waals surface area contributed by atoms with Gasteiger partial charge in [0.15, 0.2) is 5.78 Å². The quantitative estimate of drug-likeness (QED) is 0.553. The number of rotatable bonds is 7. The highest BCUT2D eigenvalue weighted by atomic mass is 35.5. The molecule has 94 valence electrons. The predicted octanol–water partition coefficient (Wildman–Crippen LogP) is 4.06. The summed E-state index contributed by atoms with van der Waals surface area (Å²) in [4.78, 5) is 11.1. The molecule has 1 aromatic rings. The highest BCUT2D eigenvalue weighted by Crippen LogP contribution is 2.25. The van der Waals surface area contributed by atoms with E-state index in [1.165, 1.54) is 6.92 Å². The summed E-state index contributed by atoms with van der Waals surface area (Å²) in [6, 6.07) is 5.15. The Bertz CT molecular complexity index is 380. The van der Waals surface area contributed by atoms with Crippen LogP contribution >= 0.6 is 23.4 Å². The molecule has 0 N–H and O–H groups in total. The zero-order valence-electron chi connectivity index (χ0n) is 10.2. The molecule has 0 unspecified atom stereocenters. The van der Waals surface area contributed by atoms with Gasteiger partial charge in [-0.3, -0.25) is 4.79 Å². The minimum Gasteiger partial charge on any atom is -0.492 e. The molecule has 17 heavy (non-hydrogen) atoms. The molecule has 0 aliphatic rings. The second-order valence-corrected chi connectivity index (χ2v) is 5.40. The Hall–Kier alpha value is -0.670. The number of carbonyl (C=O) groups is 1. The van der Waals surface area contributed by atoms with Crippen molar-refractivity contribution in [3.05, 3.63) is 28.8 Å². The first-order valence-electron chi connectivity index (χ1n) is 5.66. The van der Waals surface area contributed by atoms with Crippen LogP contribution in [0.1, 0.15) is 30.6 Å². The van der Waals surface area contributed by atoms with E-state index in [0.717, 1.165) is 17.9 Å². The van der Waals surface area contributed by atoms with Crippen molar-refractivity contribution in [3.8, 4) is 5.75 Å². The van der Waals surface area contributed by atoms with Crippen LogP contribution in [-0.4, -0.2) is 23.9 Å². The lowest BCUT2D eigenvalue weighted by molar-refractivity contribution is 0.101. The molecule has 0 saturated heterocycles. The predicted molar refractivity (Wildman–Crippen MR) is 74.6 cm³/mol. The fraction of sp³-hybridized carbons (Fsp3) is 0.462. The lowest BCUT2D eigenvalue weighted by Crippen LogP contribution is -2.00. The van der Waals surface area contributed by atoms with Gasteiger partial charge in [-0.05, 0) is 43.0 Å². The molecule has 0 aromatic heterocycles. The molecule has 1 aromatic carbocycles. The summed E-state index contributed by atoms with van der Waals surface area (Å²) < 4.78 is 5.56. The lowest BCUT2D eigenvalue weighted by atomic mass is 10.1. The van der Waals surface area contributed by atoms with Crippen LogP contribution in [0.5, 0.6) is 5.75 Å². The summed E-state index contributed by atoms with van der Waals surface area (Å²) in [6.07, 6.45) is 1.00. The van der Waals surface area contributed by atoms with Crippen molar-refractivity contribution in [2.24, 2.45) is 0 Å². The number of halogens is 1. The highest BCUT2D eigenvalue weighted by Gasteiger charge is 2.05. The minimum absolute atomic E-state index is 0.0118. The van der Waals surface area contributed by atoms with E-state index >= 15 is 0 Å². The lowest BCUT2D eigenvalue weighted by Gasteiger charge is -2.08. The molecule has 2 nitrogen and oxygen atoms in total. The average molecular weight is 273 g/mol. The number of ether oxygens (including phenoxy) is 1. The van der Waals surface area contributed by atoms with E-state index in [1.807, 2.05) is 11.8 Å². The molecular weight excluding hydrogens is 256 g/mol. The van der Waals surface area contributed by atoms with E-state index in [1.54, 1.807) is 18.2 Å². The van der Waals surface area contributed by atoms with Gasteiger partial charge in [0, 0.05) is 5.56 Å². The van der Waals surface area contributed by atoms with E-state index in [-0.39, 0.29) is 5.78 Å². The molecule has 0 spiro atoms. The third-order valence-corrected chi connectivity index (χ3v) is 3.51. The van der Waals surface area contributed by atoms with Crippen LogP contribution in [0.15, 0.2) is 18.2 Å². The maximum Gasteiger partial charge on any atom is 0.159 e. The van der Waals surface area contributed by atoms with Gasteiger partial charge in [-0.15, -0.1) is 0 Å². The smallest absolute Gasteiger partial charge is 0.159 e. The van der Waals surface area contributed by atoms with Crippen LogP contribution in [0.4, 0.5) is 0 Å². The summed E-state index contributed by atoms with van der Waals surface area (Å²) in [5.74, 6) is 2.89. The van der Waals surface area contributed by atoms with Crippen molar-refractivity contribution >= 4 is 29.1 Å². The third-order valence-electron chi connectivity index (χ3n) is 2.23. The molecule has 0 amide bonds. The average Bonchev–Trinajstić information content (AvgIpc) is 2.30. The third kappa shape index (κ3) is 5.00. The topological polar surface area (TPSA) is 26.3 Å². The summed E-state index contributed by atoms with van der Waals surface area (Å²) in [5, 5.41) is 0.501. The van der Waals surface area contributed by atoms with Gasteiger partial charge < -0.3 is 4.74 Å². The maximum absolute atomic E-state index is 11.1. The van der Waals surface area contributed by atoms with Gasteiger partial charge in [0.1, 0.15) is 5.75 Å². The SMILES string of the molecule is CCSCCCOc1ccc(C(C)=O)cc1Cl. The zero-order chi connectivity index (χ0) is 12.7. The van der Waals surface area contributed by atoms with Gasteiger partial charge in [0.2, 0.25) is 0 Å². The van der Waals surface area contributed by atoms with E-state index in [2.05, 4.69) is 6.92 Å². The molecule has 0 radical (unpaired) electrons. The Labute approximate surface area is 112 Å². The van der Waals surface area contributed by atoms with E-state index in [4.69, 9.17) is 16.3 Å². The van der Waals surface area contributed by atoms with Gasteiger partial charge >= 0.3 is 0 Å². The second kappa shape index (κ2) is 7.62. The van der Waals surface area contributed by atoms with Crippen molar-refractivity contribution in [2.75, 3.05) is 18.1 Å². The van der Waals surface area contributed by atoms with E-state index in [9.17, 15) is 4.79 Å². The minimum atomic E-state index is 0.0118. The Balaban J connectivity index is 2.46. The first-order chi connectivity index (χ1) is 8.15. The van der Waals surface area contributed by atoms with Gasteiger partial charge in [-0.2, -0.15) is 11.8 Å². The van der Waals surface area contributed by atoms with Gasteiger partial charge in [-0.1, -0.05) is 18.5 Å². The number of Topliss-reactive ketones (excluding diaryl/α,β-unsaturated/α-hetero) is 1. The Morgan fingerprint density at radius 3 is 2.82 bits per heavy atom. The number of carbonyl (C=O) groups excluding carboxylic acids is 1. The molecule has 1 rings (SSSR count). The van der Waals surface area contributed by atoms with E-state index in [0.29, 0.717) is 22.9 Å². The number of hydrogen-bond donors (Lipinski definition) is 0. The molecule has 4 heteroatoms. The molecule has 0 atom stereocenters. The van der Waals surface area contributed by atoms with Crippen molar-refractivity contribution in [1.29, 1.82) is 0 Å². The van der Waals surface area contributed by atoms with Crippen molar-refractivity contribution in [1.82, 2.24) is 0 Å². The Morgan fingerprint density at radius 1 is 1.47 bits per heavy atom. The summed E-state index contributed by atoms with van der Waals surface area (Å²) in [5.41, 5.74) is 0.615. The second-order valence-electron chi connectivity index (χ2n) is 3.60. The Kier molecular flexibility index (Phi) is 6.45. The molecule has 0 heterocycles. The largest absolute Gasteiger partial charge is 0.492 e. The van der Waals surface area contributed by atoms with Crippen molar-refractivity contribution in [2.45, 2.75) is 20.3 Å².